The molecule has 6 nitrogen and oxygen atoms in total. The quantitative estimate of drug-likeness (QED) is 0.750. The average molecular weight is 258 g/mol. The van der Waals surface area contributed by atoms with Gasteiger partial charge in [-0.2, -0.15) is 0 Å². The van der Waals surface area contributed by atoms with Crippen LogP contribution in [0.2, 0.25) is 0 Å². The Hall–Kier alpha value is -1.14. The number of carbonyl (C=O) groups is 2. The highest BCUT2D eigenvalue weighted by molar-refractivity contribution is 5.92. The minimum absolute atomic E-state index is 0.0159. The predicted molar refractivity (Wildman–Crippen MR) is 66.1 cm³/mol. The standard InChI is InChI=1S/C12H22N2O4/c1-18-12(17)13-11(16)9-14(7-8-15)10-5-3-2-4-6-10/h10,15H,2-9H2,1H3,(H,13,16,17). The molecule has 0 saturated heterocycles. The second kappa shape index (κ2) is 8.05. The summed E-state index contributed by atoms with van der Waals surface area (Å²) in [4.78, 5) is 24.5. The fourth-order valence-corrected chi connectivity index (χ4v) is 2.35. The average Bonchev–Trinajstić information content (AvgIpc) is 2.39. The highest BCUT2D eigenvalue weighted by Crippen LogP contribution is 2.22. The van der Waals surface area contributed by atoms with Crippen LogP contribution in [0, 0.1) is 0 Å². The Morgan fingerprint density at radius 1 is 1.33 bits per heavy atom. The fourth-order valence-electron chi connectivity index (χ4n) is 2.35. The molecule has 0 aromatic carbocycles. The topological polar surface area (TPSA) is 78.9 Å². The first-order chi connectivity index (χ1) is 8.67. The third-order valence-corrected chi connectivity index (χ3v) is 3.25. The molecule has 1 aliphatic rings. The van der Waals surface area contributed by atoms with Crippen molar-refractivity contribution in [2.45, 2.75) is 38.1 Å². The van der Waals surface area contributed by atoms with Gasteiger partial charge in [-0.3, -0.25) is 15.0 Å². The van der Waals surface area contributed by atoms with Crippen LogP contribution >= 0.6 is 0 Å². The van der Waals surface area contributed by atoms with Crippen LogP contribution < -0.4 is 5.32 Å². The molecule has 18 heavy (non-hydrogen) atoms. The molecule has 0 atom stereocenters. The summed E-state index contributed by atoms with van der Waals surface area (Å²) in [5, 5.41) is 11.2. The first kappa shape index (κ1) is 14.9. The lowest BCUT2D eigenvalue weighted by Gasteiger charge is -2.33. The predicted octanol–water partition coefficient (Wildman–Crippen LogP) is 0.496. The van der Waals surface area contributed by atoms with Gasteiger partial charge >= 0.3 is 6.09 Å². The van der Waals surface area contributed by atoms with Crippen molar-refractivity contribution in [1.29, 1.82) is 0 Å². The number of aliphatic hydroxyl groups is 1. The molecule has 0 heterocycles. The maximum absolute atomic E-state index is 11.6. The maximum Gasteiger partial charge on any atom is 0.413 e. The summed E-state index contributed by atoms with van der Waals surface area (Å²) < 4.78 is 4.37. The first-order valence-electron chi connectivity index (χ1n) is 6.40. The highest BCUT2D eigenvalue weighted by Gasteiger charge is 2.23. The molecule has 0 bridgehead atoms. The number of carbonyl (C=O) groups excluding carboxylic acids is 2. The molecule has 1 aliphatic carbocycles. The molecular formula is C12H22N2O4. The van der Waals surface area contributed by atoms with Gasteiger partial charge in [0.2, 0.25) is 5.91 Å². The summed E-state index contributed by atoms with van der Waals surface area (Å²) >= 11 is 0. The van der Waals surface area contributed by atoms with Crippen LogP contribution in [0.15, 0.2) is 0 Å². The summed E-state index contributed by atoms with van der Waals surface area (Å²) in [5.41, 5.74) is 0. The second-order valence-corrected chi connectivity index (χ2v) is 4.53. The lowest BCUT2D eigenvalue weighted by atomic mass is 9.94. The Balaban J connectivity index is 2.45. The number of nitrogens with zero attached hydrogens (tertiary/aromatic N) is 1. The molecule has 0 aromatic heterocycles. The summed E-state index contributed by atoms with van der Waals surface area (Å²) in [6.07, 6.45) is 4.90. The lowest BCUT2D eigenvalue weighted by Crippen LogP contribution is -2.46. The Morgan fingerprint density at radius 2 is 2.00 bits per heavy atom. The first-order valence-corrected chi connectivity index (χ1v) is 6.40. The Labute approximate surface area is 107 Å². The van der Waals surface area contributed by atoms with Crippen LogP contribution in [-0.2, 0) is 9.53 Å². The number of methoxy groups -OCH3 is 1. The summed E-state index contributed by atoms with van der Waals surface area (Å²) in [6, 6.07) is 0.328. The Morgan fingerprint density at radius 3 is 2.56 bits per heavy atom. The van der Waals surface area contributed by atoms with E-state index in [4.69, 9.17) is 5.11 Å². The number of hydrogen-bond acceptors (Lipinski definition) is 5. The van der Waals surface area contributed by atoms with Crippen molar-refractivity contribution in [3.63, 3.8) is 0 Å². The number of nitrogens with one attached hydrogen (secondary N) is 1. The van der Waals surface area contributed by atoms with E-state index in [1.165, 1.54) is 13.5 Å². The van der Waals surface area contributed by atoms with Crippen LogP contribution in [0.5, 0.6) is 0 Å². The van der Waals surface area contributed by atoms with Crippen LogP contribution in [-0.4, -0.2) is 54.9 Å². The SMILES string of the molecule is COC(=O)NC(=O)CN(CCO)C1CCCCC1. The molecule has 6 heteroatoms. The monoisotopic (exact) mass is 258 g/mol. The second-order valence-electron chi connectivity index (χ2n) is 4.53. The van der Waals surface area contributed by atoms with E-state index in [1.807, 2.05) is 4.90 Å². The van der Waals surface area contributed by atoms with Crippen molar-refractivity contribution in [2.75, 3.05) is 26.8 Å². The van der Waals surface area contributed by atoms with Crippen molar-refractivity contribution >= 4 is 12.0 Å². The van der Waals surface area contributed by atoms with Gasteiger partial charge in [-0.15, -0.1) is 0 Å². The van der Waals surface area contributed by atoms with Crippen molar-refractivity contribution in [3.05, 3.63) is 0 Å². The number of imide groups is 1. The van der Waals surface area contributed by atoms with Crippen molar-refractivity contribution < 1.29 is 19.4 Å². The zero-order valence-electron chi connectivity index (χ0n) is 10.9. The molecule has 0 aromatic rings. The largest absolute Gasteiger partial charge is 0.453 e. The Kier molecular flexibility index (Phi) is 6.67. The summed E-state index contributed by atoms with van der Waals surface area (Å²) in [5.74, 6) is -0.388. The number of aliphatic hydroxyl groups excluding tert-OH is 1. The molecule has 0 aliphatic heterocycles. The smallest absolute Gasteiger partial charge is 0.413 e. The fraction of sp³-hybridized carbons (Fsp3) is 0.833. The third-order valence-electron chi connectivity index (χ3n) is 3.25. The number of amides is 2. The molecule has 0 unspecified atom stereocenters. The van der Waals surface area contributed by atoms with E-state index in [1.54, 1.807) is 0 Å². The molecule has 0 radical (unpaired) electrons. The van der Waals surface area contributed by atoms with Crippen LogP contribution in [0.4, 0.5) is 4.79 Å². The normalized spacial score (nSPS) is 16.6. The van der Waals surface area contributed by atoms with E-state index in [0.29, 0.717) is 12.6 Å². The van der Waals surface area contributed by atoms with Gasteiger partial charge in [-0.25, -0.2) is 4.79 Å². The van der Waals surface area contributed by atoms with Crippen LogP contribution in [0.25, 0.3) is 0 Å². The van der Waals surface area contributed by atoms with Crippen LogP contribution in [0.1, 0.15) is 32.1 Å². The van der Waals surface area contributed by atoms with E-state index in [9.17, 15) is 9.59 Å². The van der Waals surface area contributed by atoms with Gasteiger partial charge in [0.25, 0.3) is 0 Å². The van der Waals surface area contributed by atoms with Gasteiger partial charge in [-0.1, -0.05) is 19.3 Å². The number of ether oxygens (including phenoxy) is 1. The van der Waals surface area contributed by atoms with Gasteiger partial charge in [0.05, 0.1) is 20.3 Å². The van der Waals surface area contributed by atoms with Crippen molar-refractivity contribution in [1.82, 2.24) is 10.2 Å². The van der Waals surface area contributed by atoms with E-state index in [-0.39, 0.29) is 19.1 Å². The van der Waals surface area contributed by atoms with E-state index in [0.717, 1.165) is 25.7 Å². The van der Waals surface area contributed by atoms with Gasteiger partial charge in [0.1, 0.15) is 0 Å². The third kappa shape index (κ3) is 5.01. The maximum atomic E-state index is 11.6. The van der Waals surface area contributed by atoms with Crippen molar-refractivity contribution in [3.8, 4) is 0 Å². The van der Waals surface area contributed by atoms with Gasteiger partial charge in [-0.05, 0) is 12.8 Å². The van der Waals surface area contributed by atoms with Gasteiger partial charge in [0, 0.05) is 12.6 Å². The van der Waals surface area contributed by atoms with Crippen LogP contribution in [0.3, 0.4) is 0 Å². The molecule has 1 fully saturated rings. The van der Waals surface area contributed by atoms with E-state index < -0.39 is 6.09 Å². The number of rotatable bonds is 5. The lowest BCUT2D eigenvalue weighted by molar-refractivity contribution is -0.122. The summed E-state index contributed by atoms with van der Waals surface area (Å²) in [6.45, 7) is 0.599. The molecule has 2 N–H and O–H groups in total. The molecule has 1 saturated carbocycles. The number of hydrogen-bond donors (Lipinski definition) is 2. The molecular weight excluding hydrogens is 236 g/mol. The molecule has 104 valence electrons. The molecule has 0 spiro atoms. The zero-order valence-corrected chi connectivity index (χ0v) is 10.9. The van der Waals surface area contributed by atoms with E-state index in [2.05, 4.69) is 10.1 Å². The van der Waals surface area contributed by atoms with E-state index >= 15 is 0 Å². The minimum atomic E-state index is -0.743. The van der Waals surface area contributed by atoms with Gasteiger partial charge in [0.15, 0.2) is 0 Å². The molecule has 2 amide bonds. The zero-order chi connectivity index (χ0) is 13.4. The number of alkyl carbamates (subject to hydrolysis) is 1. The minimum Gasteiger partial charge on any atom is -0.453 e. The Bertz CT molecular complexity index is 277. The van der Waals surface area contributed by atoms with Gasteiger partial charge < -0.3 is 9.84 Å². The van der Waals surface area contributed by atoms with Crippen molar-refractivity contribution in [2.24, 2.45) is 0 Å². The highest BCUT2D eigenvalue weighted by atomic mass is 16.5. The molecule has 1 rings (SSSR count). The summed E-state index contributed by atoms with van der Waals surface area (Å²) in [7, 11) is 1.22.